The third kappa shape index (κ3) is 2.81. The van der Waals surface area contributed by atoms with Crippen LogP contribution in [-0.2, 0) is 14.8 Å². The van der Waals surface area contributed by atoms with Gasteiger partial charge in [0.2, 0.25) is 10.0 Å². The van der Waals surface area contributed by atoms with Gasteiger partial charge in [-0.1, -0.05) is 6.92 Å². The second kappa shape index (κ2) is 5.61. The summed E-state index contributed by atoms with van der Waals surface area (Å²) in [6.07, 6.45) is 0. The lowest BCUT2D eigenvalue weighted by molar-refractivity contribution is -0.146. The number of carboxylic acids is 1. The summed E-state index contributed by atoms with van der Waals surface area (Å²) in [5.74, 6) is -1.23. The number of hydrogen-bond acceptors (Lipinski definition) is 4. The van der Waals surface area contributed by atoms with Gasteiger partial charge in [0.1, 0.15) is 5.54 Å². The van der Waals surface area contributed by atoms with Crippen molar-refractivity contribution in [3.8, 4) is 6.07 Å². The Hall–Kier alpha value is -1.91. The number of nitrogens with zero attached hydrogens (tertiary/aromatic N) is 2. The molecule has 0 aliphatic carbocycles. The van der Waals surface area contributed by atoms with Crippen molar-refractivity contribution in [3.05, 3.63) is 29.8 Å². The van der Waals surface area contributed by atoms with Crippen LogP contribution in [0, 0.1) is 11.3 Å². The molecule has 0 aliphatic heterocycles. The molecule has 1 N–H and O–H groups in total. The first-order chi connectivity index (χ1) is 9.17. The zero-order chi connectivity index (χ0) is 15.6. The SMILES string of the molecule is CCN(C(C)(C)C(=O)O)S(=O)(=O)c1ccc(C#N)cc1. The zero-order valence-electron chi connectivity index (χ0n) is 11.5. The summed E-state index contributed by atoms with van der Waals surface area (Å²) in [5.41, 5.74) is -1.22. The molecule has 0 heterocycles. The number of likely N-dealkylation sites (N-methyl/N-ethyl adjacent to an activating group) is 1. The van der Waals surface area contributed by atoms with Crippen molar-refractivity contribution >= 4 is 16.0 Å². The van der Waals surface area contributed by atoms with E-state index in [2.05, 4.69) is 0 Å². The highest BCUT2D eigenvalue weighted by molar-refractivity contribution is 7.89. The van der Waals surface area contributed by atoms with Crippen LogP contribution < -0.4 is 0 Å². The van der Waals surface area contributed by atoms with Crippen molar-refractivity contribution < 1.29 is 18.3 Å². The Labute approximate surface area is 118 Å². The van der Waals surface area contributed by atoms with E-state index in [4.69, 9.17) is 5.26 Å². The van der Waals surface area contributed by atoms with Gasteiger partial charge >= 0.3 is 5.97 Å². The fourth-order valence-electron chi connectivity index (χ4n) is 1.80. The summed E-state index contributed by atoms with van der Waals surface area (Å²) in [6, 6.07) is 7.26. The number of rotatable bonds is 5. The molecule has 0 spiro atoms. The maximum Gasteiger partial charge on any atom is 0.324 e. The van der Waals surface area contributed by atoms with Crippen LogP contribution >= 0.6 is 0 Å². The Morgan fingerprint density at radius 3 is 2.20 bits per heavy atom. The lowest BCUT2D eigenvalue weighted by atomic mass is 10.1. The molecular formula is C13H16N2O4S. The molecule has 20 heavy (non-hydrogen) atoms. The summed E-state index contributed by atoms with van der Waals surface area (Å²) >= 11 is 0. The highest BCUT2D eigenvalue weighted by Gasteiger charge is 2.41. The Morgan fingerprint density at radius 1 is 1.35 bits per heavy atom. The van der Waals surface area contributed by atoms with Crippen LogP contribution in [0.25, 0.3) is 0 Å². The van der Waals surface area contributed by atoms with Gasteiger partial charge in [0, 0.05) is 6.54 Å². The van der Waals surface area contributed by atoms with Gasteiger partial charge in [-0.3, -0.25) is 4.79 Å². The van der Waals surface area contributed by atoms with Crippen molar-refractivity contribution in [3.63, 3.8) is 0 Å². The number of carbonyl (C=O) groups is 1. The lowest BCUT2D eigenvalue weighted by Crippen LogP contribution is -2.52. The molecule has 7 heteroatoms. The summed E-state index contributed by atoms with van der Waals surface area (Å²) < 4.78 is 25.9. The normalized spacial score (nSPS) is 12.2. The smallest absolute Gasteiger partial charge is 0.324 e. The molecule has 108 valence electrons. The average Bonchev–Trinajstić information content (AvgIpc) is 2.38. The number of sulfonamides is 1. The van der Waals surface area contributed by atoms with Gasteiger partial charge in [0.05, 0.1) is 16.5 Å². The zero-order valence-corrected chi connectivity index (χ0v) is 12.3. The van der Waals surface area contributed by atoms with Gasteiger partial charge in [-0.15, -0.1) is 0 Å². The molecule has 0 atom stereocenters. The number of nitriles is 1. The van der Waals surface area contributed by atoms with Crippen molar-refractivity contribution in [1.29, 1.82) is 5.26 Å². The van der Waals surface area contributed by atoms with Gasteiger partial charge in [-0.05, 0) is 38.1 Å². The predicted octanol–water partition coefficient (Wildman–Crippen LogP) is 1.43. The second-order valence-corrected chi connectivity index (χ2v) is 6.53. The van der Waals surface area contributed by atoms with E-state index >= 15 is 0 Å². The summed E-state index contributed by atoms with van der Waals surface area (Å²) in [4.78, 5) is 11.2. The van der Waals surface area contributed by atoms with E-state index in [-0.39, 0.29) is 11.4 Å². The number of aliphatic carboxylic acids is 1. The summed E-state index contributed by atoms with van der Waals surface area (Å²) in [5, 5.41) is 17.9. The Bertz CT molecular complexity index is 642. The van der Waals surface area contributed by atoms with Gasteiger partial charge in [0.15, 0.2) is 0 Å². The van der Waals surface area contributed by atoms with Crippen LogP contribution in [0.5, 0.6) is 0 Å². The summed E-state index contributed by atoms with van der Waals surface area (Å²) in [7, 11) is -3.94. The number of benzene rings is 1. The van der Waals surface area contributed by atoms with Crippen LogP contribution in [0.1, 0.15) is 26.3 Å². The average molecular weight is 296 g/mol. The molecule has 0 bridgehead atoms. The van der Waals surface area contributed by atoms with Gasteiger partial charge in [-0.25, -0.2) is 8.42 Å². The molecule has 0 aromatic heterocycles. The molecule has 0 saturated carbocycles. The van der Waals surface area contributed by atoms with Crippen LogP contribution in [-0.4, -0.2) is 35.9 Å². The second-order valence-electron chi connectivity index (χ2n) is 4.67. The standard InChI is InChI=1S/C13H16N2O4S/c1-4-15(13(2,3)12(16)17)20(18,19)11-7-5-10(9-14)6-8-11/h5-8H,4H2,1-3H3,(H,16,17). The van der Waals surface area contributed by atoms with Gasteiger partial charge in [-0.2, -0.15) is 9.57 Å². The fourth-order valence-corrected chi connectivity index (χ4v) is 3.55. The minimum atomic E-state index is -3.94. The molecule has 0 saturated heterocycles. The lowest BCUT2D eigenvalue weighted by Gasteiger charge is -2.33. The highest BCUT2D eigenvalue weighted by atomic mass is 32.2. The molecule has 0 radical (unpaired) electrons. The predicted molar refractivity (Wildman–Crippen MR) is 72.4 cm³/mol. The van der Waals surface area contributed by atoms with Crippen molar-refractivity contribution in [2.24, 2.45) is 0 Å². The van der Waals surface area contributed by atoms with E-state index in [1.807, 2.05) is 6.07 Å². The monoisotopic (exact) mass is 296 g/mol. The van der Waals surface area contributed by atoms with Crippen LogP contribution in [0.2, 0.25) is 0 Å². The van der Waals surface area contributed by atoms with Gasteiger partial charge < -0.3 is 5.11 Å². The number of hydrogen-bond donors (Lipinski definition) is 1. The molecule has 0 aliphatic rings. The van der Waals surface area contributed by atoms with E-state index < -0.39 is 21.5 Å². The molecule has 1 aromatic rings. The molecule has 6 nitrogen and oxygen atoms in total. The minimum Gasteiger partial charge on any atom is -0.480 e. The van der Waals surface area contributed by atoms with Gasteiger partial charge in [0.25, 0.3) is 0 Å². The molecule has 0 amide bonds. The van der Waals surface area contributed by atoms with E-state index in [0.717, 1.165) is 4.31 Å². The van der Waals surface area contributed by atoms with Crippen molar-refractivity contribution in [2.45, 2.75) is 31.2 Å². The largest absolute Gasteiger partial charge is 0.480 e. The Kier molecular flexibility index (Phi) is 4.53. The first-order valence-electron chi connectivity index (χ1n) is 5.94. The third-order valence-corrected chi connectivity index (χ3v) is 5.17. The molecular weight excluding hydrogens is 280 g/mol. The molecule has 1 rings (SSSR count). The minimum absolute atomic E-state index is 0.0294. The quantitative estimate of drug-likeness (QED) is 0.886. The molecule has 0 fully saturated rings. The maximum absolute atomic E-state index is 12.5. The summed E-state index contributed by atoms with van der Waals surface area (Å²) in [6.45, 7) is 4.27. The highest BCUT2D eigenvalue weighted by Crippen LogP contribution is 2.25. The Balaban J connectivity index is 3.32. The first-order valence-corrected chi connectivity index (χ1v) is 7.38. The van der Waals surface area contributed by atoms with E-state index in [0.29, 0.717) is 5.56 Å². The van der Waals surface area contributed by atoms with Crippen molar-refractivity contribution in [1.82, 2.24) is 4.31 Å². The van der Waals surface area contributed by atoms with E-state index in [1.165, 1.54) is 38.1 Å². The van der Waals surface area contributed by atoms with E-state index in [1.54, 1.807) is 6.92 Å². The van der Waals surface area contributed by atoms with Crippen LogP contribution in [0.4, 0.5) is 0 Å². The topological polar surface area (TPSA) is 98.5 Å². The Morgan fingerprint density at radius 2 is 1.85 bits per heavy atom. The van der Waals surface area contributed by atoms with Crippen LogP contribution in [0.15, 0.2) is 29.2 Å². The molecule has 0 unspecified atom stereocenters. The van der Waals surface area contributed by atoms with E-state index in [9.17, 15) is 18.3 Å². The first kappa shape index (κ1) is 16.1. The maximum atomic E-state index is 12.5. The van der Waals surface area contributed by atoms with Crippen LogP contribution in [0.3, 0.4) is 0 Å². The third-order valence-electron chi connectivity index (χ3n) is 3.01. The number of carboxylic acid groups (broad SMARTS) is 1. The fraction of sp³-hybridized carbons (Fsp3) is 0.385. The molecule has 1 aromatic carbocycles. The van der Waals surface area contributed by atoms with Crippen molar-refractivity contribution in [2.75, 3.05) is 6.54 Å².